The molecular formula is C7H16O5Si. The van der Waals surface area contributed by atoms with Gasteiger partial charge in [-0.25, -0.2) is 0 Å². The molecule has 6 heteroatoms. The van der Waals surface area contributed by atoms with Crippen molar-refractivity contribution in [2.45, 2.75) is 26.2 Å². The Labute approximate surface area is 78.7 Å². The van der Waals surface area contributed by atoms with Crippen LogP contribution in [0.4, 0.5) is 0 Å². The van der Waals surface area contributed by atoms with Gasteiger partial charge in [0, 0.05) is 0 Å². The van der Waals surface area contributed by atoms with Crippen molar-refractivity contribution >= 4 is 9.05 Å². The molecule has 5 nitrogen and oxygen atoms in total. The number of ether oxygens (including phenoxy) is 1. The highest BCUT2D eigenvalue weighted by atomic mass is 28.4. The second kappa shape index (κ2) is 6.90. The minimum atomic E-state index is -4.40. The quantitative estimate of drug-likeness (QED) is 0.314. The van der Waals surface area contributed by atoms with Crippen LogP contribution in [0.3, 0.4) is 0 Å². The van der Waals surface area contributed by atoms with Gasteiger partial charge in [0.25, 0.3) is 0 Å². The summed E-state index contributed by atoms with van der Waals surface area (Å²) in [4.78, 5) is 25.1. The molecule has 0 saturated carbocycles. The third-order valence-corrected chi connectivity index (χ3v) is 1.70. The topological polar surface area (TPSA) is 79.2 Å². The third-order valence-electron chi connectivity index (χ3n) is 1.24. The predicted octanol–water partition coefficient (Wildman–Crippen LogP) is 0.0935. The van der Waals surface area contributed by atoms with E-state index in [1.54, 1.807) is 0 Å². The standard InChI is InChI=1S/C7H16O5Si/c1-2-3-4-5-11-6-7-12-13(8,9)10/h6-10H,2-5H2,1H3. The molecule has 0 unspecified atom stereocenters. The van der Waals surface area contributed by atoms with Gasteiger partial charge in [-0.15, -0.1) is 0 Å². The van der Waals surface area contributed by atoms with E-state index in [1.165, 1.54) is 6.26 Å². The highest BCUT2D eigenvalue weighted by Crippen LogP contribution is 1.95. The summed E-state index contributed by atoms with van der Waals surface area (Å²) in [6, 6.07) is 0. The molecule has 0 spiro atoms. The van der Waals surface area contributed by atoms with E-state index in [0.29, 0.717) is 6.61 Å². The minimum Gasteiger partial charge on any atom is -0.498 e. The highest BCUT2D eigenvalue weighted by Gasteiger charge is 2.31. The first-order chi connectivity index (χ1) is 6.06. The molecule has 0 radical (unpaired) electrons. The number of hydrogen-bond acceptors (Lipinski definition) is 5. The Morgan fingerprint density at radius 3 is 2.38 bits per heavy atom. The van der Waals surface area contributed by atoms with Gasteiger partial charge in [-0.2, -0.15) is 0 Å². The molecule has 0 amide bonds. The molecular weight excluding hydrogens is 192 g/mol. The fourth-order valence-corrected chi connectivity index (χ4v) is 0.900. The summed E-state index contributed by atoms with van der Waals surface area (Å²) in [6.07, 6.45) is 5.26. The fraction of sp³-hybridized carbons (Fsp3) is 0.714. The lowest BCUT2D eigenvalue weighted by molar-refractivity contribution is 0.101. The van der Waals surface area contributed by atoms with Crippen LogP contribution in [-0.2, 0) is 9.16 Å². The number of hydrogen-bond donors (Lipinski definition) is 3. The van der Waals surface area contributed by atoms with Gasteiger partial charge in [0.2, 0.25) is 0 Å². The van der Waals surface area contributed by atoms with Crippen LogP contribution >= 0.6 is 0 Å². The van der Waals surface area contributed by atoms with E-state index in [2.05, 4.69) is 11.3 Å². The molecule has 0 aromatic carbocycles. The van der Waals surface area contributed by atoms with Crippen molar-refractivity contribution in [3.8, 4) is 0 Å². The average Bonchev–Trinajstić information content (AvgIpc) is 2.01. The second-order valence-electron chi connectivity index (χ2n) is 2.54. The van der Waals surface area contributed by atoms with Crippen molar-refractivity contribution in [2.75, 3.05) is 6.61 Å². The first-order valence-corrected chi connectivity index (χ1v) is 5.93. The van der Waals surface area contributed by atoms with Crippen LogP contribution in [0.5, 0.6) is 0 Å². The van der Waals surface area contributed by atoms with Crippen LogP contribution in [-0.4, -0.2) is 30.0 Å². The monoisotopic (exact) mass is 208 g/mol. The molecule has 78 valence electrons. The van der Waals surface area contributed by atoms with Gasteiger partial charge >= 0.3 is 9.05 Å². The molecule has 13 heavy (non-hydrogen) atoms. The first kappa shape index (κ1) is 12.4. The Hall–Kier alpha value is -0.563. The Kier molecular flexibility index (Phi) is 6.60. The van der Waals surface area contributed by atoms with Crippen LogP contribution in [0.2, 0.25) is 0 Å². The van der Waals surface area contributed by atoms with E-state index in [9.17, 15) is 0 Å². The van der Waals surface area contributed by atoms with Crippen molar-refractivity contribution in [3.05, 3.63) is 12.5 Å². The third kappa shape index (κ3) is 11.4. The van der Waals surface area contributed by atoms with E-state index >= 15 is 0 Å². The van der Waals surface area contributed by atoms with Gasteiger partial charge in [-0.1, -0.05) is 19.8 Å². The lowest BCUT2D eigenvalue weighted by atomic mass is 10.3. The zero-order chi connectivity index (χ0) is 10.2. The molecule has 0 bridgehead atoms. The molecule has 0 atom stereocenters. The Morgan fingerprint density at radius 2 is 1.85 bits per heavy atom. The van der Waals surface area contributed by atoms with E-state index in [-0.39, 0.29) is 0 Å². The summed E-state index contributed by atoms with van der Waals surface area (Å²) in [5.41, 5.74) is 0. The van der Waals surface area contributed by atoms with Gasteiger partial charge in [0.1, 0.15) is 12.5 Å². The molecule has 0 aliphatic heterocycles. The van der Waals surface area contributed by atoms with E-state index in [1.807, 2.05) is 0 Å². The normalized spacial score (nSPS) is 12.0. The lowest BCUT2D eigenvalue weighted by Crippen LogP contribution is -2.36. The fourth-order valence-electron chi connectivity index (χ4n) is 0.662. The Bertz CT molecular complexity index is 142. The zero-order valence-corrected chi connectivity index (χ0v) is 8.64. The second-order valence-corrected chi connectivity index (χ2v) is 3.93. The number of unbranched alkanes of at least 4 members (excludes halogenated alkanes) is 2. The van der Waals surface area contributed by atoms with E-state index in [0.717, 1.165) is 25.5 Å². The van der Waals surface area contributed by atoms with Crippen LogP contribution in [0.25, 0.3) is 0 Å². The molecule has 0 fully saturated rings. The molecule has 0 rings (SSSR count). The average molecular weight is 208 g/mol. The maximum absolute atomic E-state index is 8.38. The summed E-state index contributed by atoms with van der Waals surface area (Å²) in [5, 5.41) is 0. The molecule has 0 aliphatic carbocycles. The van der Waals surface area contributed by atoms with Crippen LogP contribution in [0.15, 0.2) is 12.5 Å². The van der Waals surface area contributed by atoms with Gasteiger partial charge in [0.15, 0.2) is 0 Å². The van der Waals surface area contributed by atoms with E-state index in [4.69, 9.17) is 19.1 Å². The SMILES string of the molecule is CCCCCOC=CO[Si](O)(O)O. The Morgan fingerprint density at radius 1 is 1.15 bits per heavy atom. The van der Waals surface area contributed by atoms with Crippen molar-refractivity contribution < 1.29 is 23.5 Å². The summed E-state index contributed by atoms with van der Waals surface area (Å²) in [5.74, 6) is 0. The molecule has 0 saturated heterocycles. The van der Waals surface area contributed by atoms with E-state index < -0.39 is 9.05 Å². The van der Waals surface area contributed by atoms with Gasteiger partial charge in [-0.3, -0.25) is 0 Å². The summed E-state index contributed by atoms with van der Waals surface area (Å²) in [7, 11) is -4.40. The van der Waals surface area contributed by atoms with Gasteiger partial charge in [-0.05, 0) is 6.42 Å². The molecule has 0 heterocycles. The summed E-state index contributed by atoms with van der Waals surface area (Å²) in [6.45, 7) is 2.65. The minimum absolute atomic E-state index is 0.560. The zero-order valence-electron chi connectivity index (χ0n) is 7.64. The van der Waals surface area contributed by atoms with Crippen LogP contribution < -0.4 is 0 Å². The smallest absolute Gasteiger partial charge is 0.498 e. The van der Waals surface area contributed by atoms with Crippen molar-refractivity contribution in [3.63, 3.8) is 0 Å². The summed E-state index contributed by atoms with van der Waals surface area (Å²) >= 11 is 0. The van der Waals surface area contributed by atoms with Gasteiger partial charge in [0.05, 0.1) is 6.61 Å². The van der Waals surface area contributed by atoms with Crippen molar-refractivity contribution in [1.82, 2.24) is 0 Å². The predicted molar refractivity (Wildman–Crippen MR) is 48.1 cm³/mol. The summed E-state index contributed by atoms with van der Waals surface area (Å²) < 4.78 is 9.05. The maximum atomic E-state index is 8.38. The number of rotatable bonds is 7. The van der Waals surface area contributed by atoms with Crippen molar-refractivity contribution in [2.24, 2.45) is 0 Å². The van der Waals surface area contributed by atoms with Gasteiger partial charge < -0.3 is 23.5 Å². The van der Waals surface area contributed by atoms with Crippen LogP contribution in [0, 0.1) is 0 Å². The van der Waals surface area contributed by atoms with Crippen molar-refractivity contribution in [1.29, 1.82) is 0 Å². The molecule has 0 aromatic rings. The first-order valence-electron chi connectivity index (χ1n) is 4.18. The molecule has 0 aromatic heterocycles. The Balaban J connectivity index is 3.22. The molecule has 3 N–H and O–H groups in total. The highest BCUT2D eigenvalue weighted by molar-refractivity contribution is 6.48. The largest absolute Gasteiger partial charge is 0.741 e. The lowest BCUT2D eigenvalue weighted by Gasteiger charge is -2.06. The molecule has 0 aliphatic rings. The maximum Gasteiger partial charge on any atom is 0.741 e. The van der Waals surface area contributed by atoms with Crippen LogP contribution in [0.1, 0.15) is 26.2 Å².